The number of nitrogens with zero attached hydrogens (tertiary/aromatic N) is 2. The van der Waals surface area contributed by atoms with E-state index in [0.29, 0.717) is 47.3 Å². The fraction of sp³-hybridized carbons (Fsp3) is 0.240. The third kappa shape index (κ3) is 8.48. The Morgan fingerprint density at radius 3 is 1.62 bits per heavy atom. The number of hydrogen-bond acceptors (Lipinski definition) is 7. The van der Waals surface area contributed by atoms with Crippen molar-refractivity contribution < 1.29 is 23.7 Å². The Bertz CT molecular complexity index is 1010. The highest BCUT2D eigenvalue weighted by atomic mass is 16.5. The van der Waals surface area contributed by atoms with Crippen molar-refractivity contribution >= 4 is 18.5 Å². The zero-order valence-electron chi connectivity index (χ0n) is 19.0. The van der Waals surface area contributed by atoms with Gasteiger partial charge < -0.3 is 18.9 Å². The van der Waals surface area contributed by atoms with Crippen molar-refractivity contribution in [2.24, 2.45) is 10.2 Å². The van der Waals surface area contributed by atoms with Gasteiger partial charge in [-0.05, 0) is 61.4 Å². The van der Waals surface area contributed by atoms with Crippen LogP contribution in [0.25, 0.3) is 0 Å². The molecule has 0 aliphatic heterocycles. The molecule has 34 heavy (non-hydrogen) atoms. The number of nitrogens with one attached hydrogen (secondary N) is 2. The van der Waals surface area contributed by atoms with Gasteiger partial charge in [-0.3, -0.25) is 0 Å². The van der Waals surface area contributed by atoms with E-state index in [2.05, 4.69) is 32.9 Å². The predicted octanol–water partition coefficient (Wildman–Crippen LogP) is 3.18. The molecule has 0 radical (unpaired) electrons. The molecule has 2 rings (SSSR count). The van der Waals surface area contributed by atoms with Gasteiger partial charge in [0.1, 0.15) is 13.2 Å². The third-order valence-corrected chi connectivity index (χ3v) is 3.92. The summed E-state index contributed by atoms with van der Waals surface area (Å²) in [4.78, 5) is 11.9. The van der Waals surface area contributed by atoms with Crippen LogP contribution in [0.3, 0.4) is 0 Å². The quantitative estimate of drug-likeness (QED) is 0.287. The summed E-state index contributed by atoms with van der Waals surface area (Å²) in [5, 5.41) is 7.79. The van der Waals surface area contributed by atoms with E-state index < -0.39 is 6.03 Å². The van der Waals surface area contributed by atoms with Crippen LogP contribution < -0.4 is 29.8 Å². The Morgan fingerprint density at radius 2 is 1.24 bits per heavy atom. The second-order valence-corrected chi connectivity index (χ2v) is 6.33. The Labute approximate surface area is 199 Å². The van der Waals surface area contributed by atoms with Crippen molar-refractivity contribution in [1.82, 2.24) is 10.9 Å². The van der Waals surface area contributed by atoms with Crippen molar-refractivity contribution in [2.45, 2.75) is 13.8 Å². The lowest BCUT2D eigenvalue weighted by molar-refractivity contribution is 0.242. The molecule has 0 saturated carbocycles. The zero-order chi connectivity index (χ0) is 24.6. The summed E-state index contributed by atoms with van der Waals surface area (Å²) < 4.78 is 22.0. The van der Waals surface area contributed by atoms with Gasteiger partial charge >= 0.3 is 6.03 Å². The van der Waals surface area contributed by atoms with Gasteiger partial charge in [-0.1, -0.05) is 11.8 Å². The first-order valence-corrected chi connectivity index (χ1v) is 10.4. The highest BCUT2D eigenvalue weighted by Gasteiger charge is 2.07. The molecule has 2 N–H and O–H groups in total. The molecular formula is C25H26N4O5. The van der Waals surface area contributed by atoms with E-state index in [1.54, 1.807) is 36.4 Å². The van der Waals surface area contributed by atoms with Crippen LogP contribution in [0, 0.1) is 24.7 Å². The molecule has 0 aromatic heterocycles. The summed E-state index contributed by atoms with van der Waals surface area (Å²) in [5.41, 5.74) is 6.03. The number of urea groups is 1. The number of rotatable bonds is 12. The predicted molar refractivity (Wildman–Crippen MR) is 131 cm³/mol. The van der Waals surface area contributed by atoms with Crippen molar-refractivity contribution in [3.63, 3.8) is 0 Å². The third-order valence-electron chi connectivity index (χ3n) is 3.92. The Balaban J connectivity index is 1.93. The maximum Gasteiger partial charge on any atom is 0.355 e. The average Bonchev–Trinajstić information content (AvgIpc) is 2.83. The van der Waals surface area contributed by atoms with Gasteiger partial charge in [0.15, 0.2) is 23.0 Å². The molecule has 176 valence electrons. The van der Waals surface area contributed by atoms with E-state index in [-0.39, 0.29) is 13.2 Å². The average molecular weight is 463 g/mol. The molecule has 0 unspecified atom stereocenters. The van der Waals surface area contributed by atoms with Crippen molar-refractivity contribution in [2.75, 3.05) is 26.4 Å². The lowest BCUT2D eigenvalue weighted by atomic mass is 10.2. The SMILES string of the molecule is C#CCOc1ccc(/C=N\NC(=O)N/N=C\c2ccc(OCC#C)c(OCC)c2)cc1OCC. The number of hydrogen-bond donors (Lipinski definition) is 2. The van der Waals surface area contributed by atoms with E-state index in [1.807, 2.05) is 13.8 Å². The lowest BCUT2D eigenvalue weighted by Crippen LogP contribution is -2.28. The van der Waals surface area contributed by atoms with Crippen molar-refractivity contribution in [1.29, 1.82) is 0 Å². The number of amides is 2. The molecule has 2 amide bonds. The largest absolute Gasteiger partial charge is 0.490 e. The van der Waals surface area contributed by atoms with Crippen molar-refractivity contribution in [3.05, 3.63) is 47.5 Å². The molecule has 0 atom stereocenters. The van der Waals surface area contributed by atoms with Crippen molar-refractivity contribution in [3.8, 4) is 47.7 Å². The van der Waals surface area contributed by atoms with Crippen LogP contribution in [-0.4, -0.2) is 44.9 Å². The maximum atomic E-state index is 11.9. The van der Waals surface area contributed by atoms with Gasteiger partial charge in [0.2, 0.25) is 0 Å². The minimum Gasteiger partial charge on any atom is -0.490 e. The zero-order valence-corrected chi connectivity index (χ0v) is 19.0. The first-order chi connectivity index (χ1) is 16.6. The second-order valence-electron chi connectivity index (χ2n) is 6.33. The molecule has 0 fully saturated rings. The molecule has 0 saturated heterocycles. The Morgan fingerprint density at radius 1 is 0.794 bits per heavy atom. The minimum atomic E-state index is -0.620. The number of hydrazone groups is 2. The van der Waals surface area contributed by atoms with Gasteiger partial charge in [-0.15, -0.1) is 12.8 Å². The van der Waals surface area contributed by atoms with Crippen LogP contribution in [0.15, 0.2) is 46.6 Å². The van der Waals surface area contributed by atoms with Crippen LogP contribution in [0.4, 0.5) is 4.79 Å². The number of carbonyl (C=O) groups is 1. The summed E-state index contributed by atoms with van der Waals surface area (Å²) in [7, 11) is 0. The van der Waals surface area contributed by atoms with Gasteiger partial charge in [0.25, 0.3) is 0 Å². The summed E-state index contributed by atoms with van der Waals surface area (Å²) in [6, 6.07) is 9.77. The van der Waals surface area contributed by atoms with E-state index in [1.165, 1.54) is 12.4 Å². The molecule has 2 aromatic carbocycles. The molecule has 9 nitrogen and oxygen atoms in total. The van der Waals surface area contributed by atoms with Gasteiger partial charge in [-0.2, -0.15) is 10.2 Å². The molecule has 0 spiro atoms. The Kier molecular flexibility index (Phi) is 10.9. The first kappa shape index (κ1) is 25.6. The van der Waals surface area contributed by atoms with Gasteiger partial charge in [-0.25, -0.2) is 15.6 Å². The molecule has 0 heterocycles. The number of benzene rings is 2. The van der Waals surface area contributed by atoms with Gasteiger partial charge in [0.05, 0.1) is 25.6 Å². The summed E-state index contributed by atoms with van der Waals surface area (Å²) in [6.45, 7) is 4.89. The molecule has 9 heteroatoms. The number of carbonyl (C=O) groups excluding carboxylic acids is 1. The topological polar surface area (TPSA) is 103 Å². The standard InChI is InChI=1S/C25H26N4O5/c1-5-13-33-21-11-9-19(15-23(21)31-7-3)17-26-28-25(30)29-27-18-20-10-12-22(34-14-6-2)24(16-20)32-8-4/h1-2,9-12,15-18H,7-8,13-14H2,3-4H3,(H2,28,29,30)/b26-17-,27-18-. The van der Waals surface area contributed by atoms with Crippen LogP contribution in [-0.2, 0) is 0 Å². The molecule has 0 bridgehead atoms. The maximum absolute atomic E-state index is 11.9. The molecule has 2 aromatic rings. The smallest absolute Gasteiger partial charge is 0.355 e. The van der Waals surface area contributed by atoms with E-state index in [9.17, 15) is 4.79 Å². The minimum absolute atomic E-state index is 0.131. The first-order valence-electron chi connectivity index (χ1n) is 10.4. The fourth-order valence-electron chi connectivity index (χ4n) is 2.58. The monoisotopic (exact) mass is 462 g/mol. The fourth-order valence-corrected chi connectivity index (χ4v) is 2.58. The molecule has 0 aliphatic rings. The summed E-state index contributed by atoms with van der Waals surface area (Å²) in [5.74, 6) is 6.91. The summed E-state index contributed by atoms with van der Waals surface area (Å²) >= 11 is 0. The van der Waals surface area contributed by atoms with Crippen LogP contribution in [0.1, 0.15) is 25.0 Å². The highest BCUT2D eigenvalue weighted by molar-refractivity contribution is 5.84. The van der Waals surface area contributed by atoms with E-state index in [4.69, 9.17) is 31.8 Å². The lowest BCUT2D eigenvalue weighted by Gasteiger charge is -2.10. The van der Waals surface area contributed by atoms with Gasteiger partial charge in [0, 0.05) is 0 Å². The molecule has 0 aliphatic carbocycles. The van der Waals surface area contributed by atoms with Crippen LogP contribution >= 0.6 is 0 Å². The Hall–Kier alpha value is -4.63. The van der Waals surface area contributed by atoms with E-state index in [0.717, 1.165) is 0 Å². The van der Waals surface area contributed by atoms with Crippen LogP contribution in [0.2, 0.25) is 0 Å². The van der Waals surface area contributed by atoms with Crippen LogP contribution in [0.5, 0.6) is 23.0 Å². The molecular weight excluding hydrogens is 436 g/mol. The number of terminal acetylenes is 2. The highest BCUT2D eigenvalue weighted by Crippen LogP contribution is 2.28. The summed E-state index contributed by atoms with van der Waals surface area (Å²) in [6.07, 6.45) is 13.4. The number of ether oxygens (including phenoxy) is 4. The normalized spacial score (nSPS) is 10.4. The van der Waals surface area contributed by atoms with E-state index >= 15 is 0 Å². The second kappa shape index (κ2) is 14.4.